The summed E-state index contributed by atoms with van der Waals surface area (Å²) in [5.41, 5.74) is 2.12. The minimum absolute atomic E-state index is 0.191. The number of benzene rings is 1. The molecule has 2 aliphatic heterocycles. The van der Waals surface area contributed by atoms with Crippen molar-refractivity contribution < 1.29 is 13.2 Å². The van der Waals surface area contributed by atoms with Crippen molar-refractivity contribution in [3.05, 3.63) is 36.0 Å². The number of aromatic nitrogens is 1. The van der Waals surface area contributed by atoms with Crippen LogP contribution in [0.3, 0.4) is 0 Å². The summed E-state index contributed by atoms with van der Waals surface area (Å²) in [5, 5.41) is 1.12. The van der Waals surface area contributed by atoms with Crippen LogP contribution in [0.5, 0.6) is 0 Å². The Morgan fingerprint density at radius 2 is 1.81 bits per heavy atom. The van der Waals surface area contributed by atoms with Gasteiger partial charge < -0.3 is 9.88 Å². The SMILES string of the molecule is CS(=O)(=O)N1CCC(C2CCN(C(=O)Cc3c[nH]c4ccccc34)C2)CC1. The summed E-state index contributed by atoms with van der Waals surface area (Å²) in [4.78, 5) is 18.0. The lowest BCUT2D eigenvalue weighted by Crippen LogP contribution is -2.40. The summed E-state index contributed by atoms with van der Waals surface area (Å²) in [6.45, 7) is 2.86. The molecule has 1 N–H and O–H groups in total. The van der Waals surface area contributed by atoms with Gasteiger partial charge in [0.1, 0.15) is 0 Å². The predicted octanol–water partition coefficient (Wildman–Crippen LogP) is 2.23. The van der Waals surface area contributed by atoms with E-state index in [-0.39, 0.29) is 5.91 Å². The molecule has 146 valence electrons. The highest BCUT2D eigenvalue weighted by atomic mass is 32.2. The highest BCUT2D eigenvalue weighted by molar-refractivity contribution is 7.88. The molecule has 1 aromatic heterocycles. The smallest absolute Gasteiger partial charge is 0.227 e. The van der Waals surface area contributed by atoms with Crippen LogP contribution >= 0.6 is 0 Å². The average Bonchev–Trinajstić information content (AvgIpc) is 3.29. The first kappa shape index (κ1) is 18.5. The van der Waals surface area contributed by atoms with Crippen LogP contribution in [0.25, 0.3) is 10.9 Å². The van der Waals surface area contributed by atoms with Gasteiger partial charge in [0.25, 0.3) is 0 Å². The summed E-state index contributed by atoms with van der Waals surface area (Å²) in [7, 11) is -3.08. The maximum atomic E-state index is 12.8. The molecular formula is C20H27N3O3S. The number of piperidine rings is 1. The zero-order chi connectivity index (χ0) is 19.0. The third-order valence-electron chi connectivity index (χ3n) is 6.23. The molecule has 27 heavy (non-hydrogen) atoms. The van der Waals surface area contributed by atoms with Crippen LogP contribution < -0.4 is 0 Å². The van der Waals surface area contributed by atoms with Gasteiger partial charge in [0.15, 0.2) is 0 Å². The van der Waals surface area contributed by atoms with Gasteiger partial charge in [-0.3, -0.25) is 4.79 Å². The van der Waals surface area contributed by atoms with Crippen molar-refractivity contribution in [2.24, 2.45) is 11.8 Å². The van der Waals surface area contributed by atoms with Crippen LogP contribution in [0.15, 0.2) is 30.5 Å². The molecular weight excluding hydrogens is 362 g/mol. The lowest BCUT2D eigenvalue weighted by molar-refractivity contribution is -0.129. The molecule has 0 spiro atoms. The van der Waals surface area contributed by atoms with Gasteiger partial charge in [-0.2, -0.15) is 0 Å². The number of likely N-dealkylation sites (tertiary alicyclic amines) is 1. The fourth-order valence-corrected chi connectivity index (χ4v) is 5.50. The number of rotatable bonds is 4. The van der Waals surface area contributed by atoms with E-state index < -0.39 is 10.0 Å². The van der Waals surface area contributed by atoms with Crippen molar-refractivity contribution in [1.82, 2.24) is 14.2 Å². The number of sulfonamides is 1. The van der Waals surface area contributed by atoms with E-state index in [1.807, 2.05) is 29.3 Å². The predicted molar refractivity (Wildman–Crippen MR) is 106 cm³/mol. The second kappa shape index (κ2) is 7.28. The number of hydrogen-bond acceptors (Lipinski definition) is 3. The van der Waals surface area contributed by atoms with Gasteiger partial charge in [-0.15, -0.1) is 0 Å². The zero-order valence-electron chi connectivity index (χ0n) is 15.7. The van der Waals surface area contributed by atoms with E-state index in [2.05, 4.69) is 11.1 Å². The molecule has 7 heteroatoms. The minimum atomic E-state index is -3.08. The Balaban J connectivity index is 1.34. The number of H-pyrrole nitrogens is 1. The number of aromatic amines is 1. The number of amides is 1. The second-order valence-electron chi connectivity index (χ2n) is 7.92. The summed E-state index contributed by atoms with van der Waals surface area (Å²) < 4.78 is 24.9. The molecule has 2 aliphatic rings. The van der Waals surface area contributed by atoms with Crippen LogP contribution in [-0.2, 0) is 21.2 Å². The van der Waals surface area contributed by atoms with Crippen LogP contribution in [-0.4, -0.2) is 60.9 Å². The Hall–Kier alpha value is -1.86. The first-order valence-electron chi connectivity index (χ1n) is 9.69. The molecule has 1 aromatic carbocycles. The van der Waals surface area contributed by atoms with Gasteiger partial charge in [0, 0.05) is 43.3 Å². The van der Waals surface area contributed by atoms with E-state index in [1.165, 1.54) is 6.26 Å². The number of hydrogen-bond donors (Lipinski definition) is 1. The van der Waals surface area contributed by atoms with Crippen molar-refractivity contribution in [3.8, 4) is 0 Å². The van der Waals surface area contributed by atoms with Crippen molar-refractivity contribution in [1.29, 1.82) is 0 Å². The summed E-state index contributed by atoms with van der Waals surface area (Å²) in [5.74, 6) is 1.21. The van der Waals surface area contributed by atoms with Crippen molar-refractivity contribution in [2.45, 2.75) is 25.7 Å². The lowest BCUT2D eigenvalue weighted by Gasteiger charge is -2.33. The molecule has 6 nitrogen and oxygen atoms in total. The number of carbonyl (C=O) groups is 1. The third-order valence-corrected chi connectivity index (χ3v) is 7.53. The number of nitrogens with one attached hydrogen (secondary N) is 1. The maximum absolute atomic E-state index is 12.8. The summed E-state index contributed by atoms with van der Waals surface area (Å²) in [6.07, 6.45) is 6.50. The Bertz CT molecular complexity index is 929. The minimum Gasteiger partial charge on any atom is -0.361 e. The number of carbonyl (C=O) groups excluding carboxylic acids is 1. The number of nitrogens with zero attached hydrogens (tertiary/aromatic N) is 2. The molecule has 2 aromatic rings. The van der Waals surface area contributed by atoms with E-state index in [1.54, 1.807) is 4.31 Å². The van der Waals surface area contributed by atoms with Gasteiger partial charge in [-0.05, 0) is 42.7 Å². The van der Waals surface area contributed by atoms with Crippen LogP contribution in [0.1, 0.15) is 24.8 Å². The van der Waals surface area contributed by atoms with Gasteiger partial charge in [-0.1, -0.05) is 18.2 Å². The largest absolute Gasteiger partial charge is 0.361 e. The Kier molecular flexibility index (Phi) is 4.99. The number of fused-ring (bicyclic) bond motifs is 1. The molecule has 1 amide bonds. The van der Waals surface area contributed by atoms with Crippen molar-refractivity contribution in [3.63, 3.8) is 0 Å². The molecule has 0 radical (unpaired) electrons. The maximum Gasteiger partial charge on any atom is 0.227 e. The van der Waals surface area contributed by atoms with E-state index >= 15 is 0 Å². The van der Waals surface area contributed by atoms with Crippen molar-refractivity contribution >= 4 is 26.8 Å². The molecule has 0 bridgehead atoms. The van der Waals surface area contributed by atoms with Gasteiger partial charge in [0.2, 0.25) is 15.9 Å². The van der Waals surface area contributed by atoms with E-state index in [0.717, 1.165) is 48.8 Å². The fraction of sp³-hybridized carbons (Fsp3) is 0.550. The lowest BCUT2D eigenvalue weighted by atomic mass is 9.84. The van der Waals surface area contributed by atoms with Crippen LogP contribution in [0.2, 0.25) is 0 Å². The molecule has 0 aliphatic carbocycles. The van der Waals surface area contributed by atoms with Gasteiger partial charge >= 0.3 is 0 Å². The standard InChI is InChI=1S/C20H27N3O3S/c1-27(25,26)23-10-7-15(8-11-23)16-6-9-22(14-16)20(24)12-17-13-21-19-5-3-2-4-18(17)19/h2-5,13,15-16,21H,6-12,14H2,1H3. The summed E-state index contributed by atoms with van der Waals surface area (Å²) >= 11 is 0. The second-order valence-corrected chi connectivity index (χ2v) is 9.91. The molecule has 4 rings (SSSR count). The van der Waals surface area contributed by atoms with Gasteiger partial charge in [-0.25, -0.2) is 12.7 Å². The quantitative estimate of drug-likeness (QED) is 0.871. The first-order chi connectivity index (χ1) is 12.9. The molecule has 1 unspecified atom stereocenters. The molecule has 0 saturated carbocycles. The highest BCUT2D eigenvalue weighted by Crippen LogP contribution is 2.33. The van der Waals surface area contributed by atoms with E-state index in [9.17, 15) is 13.2 Å². The Labute approximate surface area is 160 Å². The normalized spacial score (nSPS) is 22.6. The average molecular weight is 390 g/mol. The monoisotopic (exact) mass is 389 g/mol. The van der Waals surface area contributed by atoms with E-state index in [4.69, 9.17) is 0 Å². The van der Waals surface area contributed by atoms with Crippen LogP contribution in [0.4, 0.5) is 0 Å². The topological polar surface area (TPSA) is 73.5 Å². The first-order valence-corrected chi connectivity index (χ1v) is 11.5. The van der Waals surface area contributed by atoms with Crippen LogP contribution in [0, 0.1) is 11.8 Å². The highest BCUT2D eigenvalue weighted by Gasteiger charge is 2.35. The molecule has 1 atom stereocenters. The van der Waals surface area contributed by atoms with Crippen molar-refractivity contribution in [2.75, 3.05) is 32.4 Å². The molecule has 2 fully saturated rings. The Morgan fingerprint density at radius 3 is 2.56 bits per heavy atom. The number of para-hydroxylation sites is 1. The molecule has 3 heterocycles. The third kappa shape index (κ3) is 3.89. The Morgan fingerprint density at radius 1 is 1.11 bits per heavy atom. The van der Waals surface area contributed by atoms with Gasteiger partial charge in [0.05, 0.1) is 12.7 Å². The summed E-state index contributed by atoms with van der Waals surface area (Å²) in [6, 6.07) is 8.07. The molecule has 2 saturated heterocycles. The zero-order valence-corrected chi connectivity index (χ0v) is 16.5. The fourth-order valence-electron chi connectivity index (χ4n) is 4.63. The van der Waals surface area contributed by atoms with E-state index in [0.29, 0.717) is 31.3 Å².